The highest BCUT2D eigenvalue weighted by molar-refractivity contribution is 6.33. The summed E-state index contributed by atoms with van der Waals surface area (Å²) in [6.45, 7) is 1.88. The monoisotopic (exact) mass is 285 g/mol. The number of para-hydroxylation sites is 1. The zero-order valence-corrected chi connectivity index (χ0v) is 11.5. The molecule has 0 unspecified atom stereocenters. The van der Waals surface area contributed by atoms with Crippen molar-refractivity contribution >= 4 is 34.2 Å². The van der Waals surface area contributed by atoms with Crippen LogP contribution in [0.1, 0.15) is 16.2 Å². The number of imidazole rings is 1. The number of H-pyrrole nitrogens is 1. The predicted octanol–water partition coefficient (Wildman–Crippen LogP) is 3.78. The first kappa shape index (κ1) is 12.7. The molecular weight excluding hydrogens is 274 g/mol. The number of halogens is 1. The lowest BCUT2D eigenvalue weighted by molar-refractivity contribution is 0.102. The van der Waals surface area contributed by atoms with Crippen molar-refractivity contribution in [2.45, 2.75) is 6.92 Å². The van der Waals surface area contributed by atoms with Crippen molar-refractivity contribution in [3.8, 4) is 0 Å². The van der Waals surface area contributed by atoms with E-state index in [0.717, 1.165) is 16.9 Å². The number of carbonyl (C=O) groups is 1. The molecule has 3 aromatic rings. The molecule has 100 valence electrons. The van der Waals surface area contributed by atoms with E-state index < -0.39 is 0 Å². The highest BCUT2D eigenvalue weighted by Crippen LogP contribution is 2.22. The standard InChI is InChI=1S/C15H12ClN3O/c1-9-17-13-7-6-10(8-14(13)18-9)15(20)19-12-5-3-2-4-11(12)16/h2-8H,1H3,(H,17,18)(H,19,20). The van der Waals surface area contributed by atoms with Gasteiger partial charge in [-0.15, -0.1) is 0 Å². The van der Waals surface area contributed by atoms with E-state index in [1.807, 2.05) is 25.1 Å². The minimum atomic E-state index is -0.202. The van der Waals surface area contributed by atoms with E-state index >= 15 is 0 Å². The molecular formula is C15H12ClN3O. The van der Waals surface area contributed by atoms with Crippen LogP contribution in [-0.2, 0) is 0 Å². The molecule has 0 aliphatic heterocycles. The highest BCUT2D eigenvalue weighted by atomic mass is 35.5. The number of aromatic nitrogens is 2. The maximum absolute atomic E-state index is 12.2. The number of anilines is 1. The average molecular weight is 286 g/mol. The molecule has 0 atom stereocenters. The van der Waals surface area contributed by atoms with Crippen molar-refractivity contribution in [1.82, 2.24) is 9.97 Å². The molecule has 20 heavy (non-hydrogen) atoms. The molecule has 1 aromatic heterocycles. The van der Waals surface area contributed by atoms with Gasteiger partial charge < -0.3 is 10.3 Å². The largest absolute Gasteiger partial charge is 0.342 e. The summed E-state index contributed by atoms with van der Waals surface area (Å²) >= 11 is 6.02. The lowest BCUT2D eigenvalue weighted by Crippen LogP contribution is -2.12. The van der Waals surface area contributed by atoms with Gasteiger partial charge in [0.1, 0.15) is 5.82 Å². The summed E-state index contributed by atoms with van der Waals surface area (Å²) in [4.78, 5) is 19.6. The molecule has 2 N–H and O–H groups in total. The molecule has 1 heterocycles. The second kappa shape index (κ2) is 4.98. The number of rotatable bonds is 2. The van der Waals surface area contributed by atoms with Gasteiger partial charge in [-0.2, -0.15) is 0 Å². The molecule has 0 saturated heterocycles. The maximum Gasteiger partial charge on any atom is 0.255 e. The first-order valence-electron chi connectivity index (χ1n) is 6.16. The summed E-state index contributed by atoms with van der Waals surface area (Å²) in [6.07, 6.45) is 0. The molecule has 4 nitrogen and oxygen atoms in total. The van der Waals surface area contributed by atoms with Crippen molar-refractivity contribution in [3.05, 3.63) is 58.9 Å². The van der Waals surface area contributed by atoms with Crippen LogP contribution in [-0.4, -0.2) is 15.9 Å². The van der Waals surface area contributed by atoms with Crippen molar-refractivity contribution in [2.24, 2.45) is 0 Å². The summed E-state index contributed by atoms with van der Waals surface area (Å²) in [7, 11) is 0. The molecule has 0 aliphatic carbocycles. The van der Waals surface area contributed by atoms with Crippen LogP contribution >= 0.6 is 11.6 Å². The fourth-order valence-electron chi connectivity index (χ4n) is 2.04. The van der Waals surface area contributed by atoms with E-state index in [2.05, 4.69) is 15.3 Å². The van der Waals surface area contributed by atoms with Gasteiger partial charge >= 0.3 is 0 Å². The summed E-state index contributed by atoms with van der Waals surface area (Å²) in [6, 6.07) is 12.5. The topological polar surface area (TPSA) is 57.8 Å². The van der Waals surface area contributed by atoms with Crippen LogP contribution in [0.25, 0.3) is 11.0 Å². The minimum Gasteiger partial charge on any atom is -0.342 e. The first-order valence-corrected chi connectivity index (χ1v) is 6.53. The number of nitrogens with one attached hydrogen (secondary N) is 2. The Bertz CT molecular complexity index is 795. The lowest BCUT2D eigenvalue weighted by Gasteiger charge is -2.06. The SMILES string of the molecule is Cc1nc2ccc(C(=O)Nc3ccccc3Cl)cc2[nH]1. The van der Waals surface area contributed by atoms with Gasteiger partial charge in [0, 0.05) is 5.56 Å². The first-order chi connectivity index (χ1) is 9.63. The van der Waals surface area contributed by atoms with E-state index in [1.165, 1.54) is 0 Å². The number of aromatic amines is 1. The van der Waals surface area contributed by atoms with Crippen LogP contribution in [0.2, 0.25) is 5.02 Å². The zero-order chi connectivity index (χ0) is 14.1. The van der Waals surface area contributed by atoms with Gasteiger partial charge in [-0.05, 0) is 37.3 Å². The Kier molecular flexibility index (Phi) is 3.16. The molecule has 5 heteroatoms. The smallest absolute Gasteiger partial charge is 0.255 e. The number of nitrogens with zero attached hydrogens (tertiary/aromatic N) is 1. The Balaban J connectivity index is 1.90. The summed E-state index contributed by atoms with van der Waals surface area (Å²) < 4.78 is 0. The number of aryl methyl sites for hydroxylation is 1. The van der Waals surface area contributed by atoms with Gasteiger partial charge in [-0.1, -0.05) is 23.7 Å². The predicted molar refractivity (Wildman–Crippen MR) is 80.2 cm³/mol. The van der Waals surface area contributed by atoms with Crippen LogP contribution in [0.3, 0.4) is 0 Å². The number of fused-ring (bicyclic) bond motifs is 1. The summed E-state index contributed by atoms with van der Waals surface area (Å²) in [5.74, 6) is 0.621. The molecule has 1 amide bonds. The Morgan fingerprint density at radius 3 is 2.85 bits per heavy atom. The third kappa shape index (κ3) is 2.38. The Labute approximate surface area is 120 Å². The molecule has 0 bridgehead atoms. The Hall–Kier alpha value is -2.33. The second-order valence-corrected chi connectivity index (χ2v) is 4.90. The minimum absolute atomic E-state index is 0.202. The van der Waals surface area contributed by atoms with E-state index in [4.69, 9.17) is 11.6 Å². The van der Waals surface area contributed by atoms with Gasteiger partial charge in [0.15, 0.2) is 0 Å². The fraction of sp³-hybridized carbons (Fsp3) is 0.0667. The van der Waals surface area contributed by atoms with E-state index in [-0.39, 0.29) is 5.91 Å². The normalized spacial score (nSPS) is 10.7. The highest BCUT2D eigenvalue weighted by Gasteiger charge is 2.10. The van der Waals surface area contributed by atoms with Crippen LogP contribution < -0.4 is 5.32 Å². The van der Waals surface area contributed by atoms with Gasteiger partial charge in [0.2, 0.25) is 0 Å². The summed E-state index contributed by atoms with van der Waals surface area (Å²) in [5, 5.41) is 3.31. The number of hydrogen-bond acceptors (Lipinski definition) is 2. The average Bonchev–Trinajstić information content (AvgIpc) is 2.80. The van der Waals surface area contributed by atoms with Crippen molar-refractivity contribution in [3.63, 3.8) is 0 Å². The summed E-state index contributed by atoms with van der Waals surface area (Å²) in [5.41, 5.74) is 2.84. The molecule has 0 radical (unpaired) electrons. The zero-order valence-electron chi connectivity index (χ0n) is 10.8. The van der Waals surface area contributed by atoms with Gasteiger partial charge in [-0.3, -0.25) is 4.79 Å². The lowest BCUT2D eigenvalue weighted by atomic mass is 10.2. The number of carbonyl (C=O) groups excluding carboxylic acids is 1. The molecule has 0 aliphatic rings. The molecule has 2 aromatic carbocycles. The van der Waals surface area contributed by atoms with E-state index in [1.54, 1.807) is 24.3 Å². The molecule has 0 saturated carbocycles. The van der Waals surface area contributed by atoms with Crippen molar-refractivity contribution in [2.75, 3.05) is 5.32 Å². The van der Waals surface area contributed by atoms with Crippen LogP contribution in [0.5, 0.6) is 0 Å². The third-order valence-electron chi connectivity index (χ3n) is 2.98. The number of hydrogen-bond donors (Lipinski definition) is 2. The van der Waals surface area contributed by atoms with Gasteiger partial charge in [0.25, 0.3) is 5.91 Å². The second-order valence-electron chi connectivity index (χ2n) is 4.49. The van der Waals surface area contributed by atoms with Crippen molar-refractivity contribution < 1.29 is 4.79 Å². The van der Waals surface area contributed by atoms with Crippen LogP contribution in [0.4, 0.5) is 5.69 Å². The third-order valence-corrected chi connectivity index (χ3v) is 3.31. The van der Waals surface area contributed by atoms with Crippen molar-refractivity contribution in [1.29, 1.82) is 0 Å². The quantitative estimate of drug-likeness (QED) is 0.753. The molecule has 0 fully saturated rings. The van der Waals surface area contributed by atoms with Gasteiger partial charge in [0.05, 0.1) is 21.7 Å². The Morgan fingerprint density at radius 2 is 2.05 bits per heavy atom. The number of amides is 1. The molecule has 3 rings (SSSR count). The molecule has 0 spiro atoms. The van der Waals surface area contributed by atoms with Gasteiger partial charge in [-0.25, -0.2) is 4.98 Å². The van der Waals surface area contributed by atoms with E-state index in [9.17, 15) is 4.79 Å². The van der Waals surface area contributed by atoms with Crippen LogP contribution in [0, 0.1) is 6.92 Å². The Morgan fingerprint density at radius 1 is 1.25 bits per heavy atom. The number of benzene rings is 2. The van der Waals surface area contributed by atoms with E-state index in [0.29, 0.717) is 16.3 Å². The fourth-order valence-corrected chi connectivity index (χ4v) is 2.22. The maximum atomic E-state index is 12.2. The van der Waals surface area contributed by atoms with Crippen LogP contribution in [0.15, 0.2) is 42.5 Å².